The van der Waals surface area contributed by atoms with Gasteiger partial charge in [0.25, 0.3) is 5.91 Å². The van der Waals surface area contributed by atoms with Crippen LogP contribution < -0.4 is 5.73 Å². The van der Waals surface area contributed by atoms with E-state index in [1.165, 1.54) is 12.4 Å². The first-order valence-corrected chi connectivity index (χ1v) is 7.08. The molecule has 0 atom stereocenters. The molecule has 3 rings (SSSR count). The van der Waals surface area contributed by atoms with Crippen LogP contribution in [-0.2, 0) is 6.54 Å². The summed E-state index contributed by atoms with van der Waals surface area (Å²) in [5, 5.41) is 4.09. The van der Waals surface area contributed by atoms with Crippen LogP contribution in [0.25, 0.3) is 0 Å². The molecule has 19 heavy (non-hydrogen) atoms. The van der Waals surface area contributed by atoms with Gasteiger partial charge in [0.05, 0.1) is 12.4 Å². The summed E-state index contributed by atoms with van der Waals surface area (Å²) in [6, 6.07) is 2.38. The van der Waals surface area contributed by atoms with Crippen molar-refractivity contribution in [3.8, 4) is 0 Å². The van der Waals surface area contributed by atoms with Crippen molar-refractivity contribution in [1.29, 1.82) is 0 Å². The van der Waals surface area contributed by atoms with Gasteiger partial charge in [0, 0.05) is 12.6 Å². The van der Waals surface area contributed by atoms with Crippen LogP contribution in [0.2, 0.25) is 0 Å². The zero-order valence-corrected chi connectivity index (χ0v) is 11.1. The van der Waals surface area contributed by atoms with Crippen molar-refractivity contribution in [3.63, 3.8) is 0 Å². The predicted molar refractivity (Wildman–Crippen MR) is 73.7 cm³/mol. The quantitative estimate of drug-likeness (QED) is 0.924. The van der Waals surface area contributed by atoms with Gasteiger partial charge < -0.3 is 10.6 Å². The van der Waals surface area contributed by atoms with E-state index < -0.39 is 0 Å². The van der Waals surface area contributed by atoms with Crippen LogP contribution in [0.4, 0.5) is 5.82 Å². The molecule has 1 amide bonds. The van der Waals surface area contributed by atoms with Gasteiger partial charge in [-0.1, -0.05) is 0 Å². The Morgan fingerprint density at radius 2 is 2.26 bits per heavy atom. The van der Waals surface area contributed by atoms with Gasteiger partial charge in [-0.05, 0) is 35.2 Å². The maximum atomic E-state index is 12.4. The van der Waals surface area contributed by atoms with Crippen LogP contribution in [0.5, 0.6) is 0 Å². The topological polar surface area (TPSA) is 72.1 Å². The Morgan fingerprint density at radius 3 is 2.84 bits per heavy atom. The van der Waals surface area contributed by atoms with E-state index >= 15 is 0 Å². The van der Waals surface area contributed by atoms with Crippen molar-refractivity contribution in [1.82, 2.24) is 14.9 Å². The van der Waals surface area contributed by atoms with E-state index in [9.17, 15) is 4.79 Å². The molecule has 6 heteroatoms. The van der Waals surface area contributed by atoms with Crippen molar-refractivity contribution in [2.24, 2.45) is 0 Å². The number of nitrogens with two attached hydrogens (primary N) is 1. The zero-order valence-electron chi connectivity index (χ0n) is 10.3. The molecular weight excluding hydrogens is 260 g/mol. The van der Waals surface area contributed by atoms with Crippen molar-refractivity contribution >= 4 is 23.1 Å². The summed E-state index contributed by atoms with van der Waals surface area (Å²) in [5.74, 6) is 0.258. The average molecular weight is 274 g/mol. The summed E-state index contributed by atoms with van der Waals surface area (Å²) in [6.07, 6.45) is 5.00. The molecule has 2 aromatic rings. The third kappa shape index (κ3) is 2.73. The Hall–Kier alpha value is -1.95. The molecule has 0 spiro atoms. The zero-order chi connectivity index (χ0) is 13.2. The molecule has 5 nitrogen and oxygen atoms in total. The highest BCUT2D eigenvalue weighted by molar-refractivity contribution is 7.07. The van der Waals surface area contributed by atoms with Crippen LogP contribution in [0.3, 0.4) is 0 Å². The monoisotopic (exact) mass is 274 g/mol. The second-order valence-electron chi connectivity index (χ2n) is 4.62. The molecule has 2 aromatic heterocycles. The first-order valence-electron chi connectivity index (χ1n) is 6.13. The molecule has 0 aromatic carbocycles. The smallest absolute Gasteiger partial charge is 0.274 e. The Labute approximate surface area is 115 Å². The minimum absolute atomic E-state index is 0.0683. The van der Waals surface area contributed by atoms with E-state index in [-0.39, 0.29) is 5.91 Å². The average Bonchev–Trinajstić information content (AvgIpc) is 3.13. The molecule has 2 heterocycles. The highest BCUT2D eigenvalue weighted by Gasteiger charge is 2.33. The Kier molecular flexibility index (Phi) is 3.16. The van der Waals surface area contributed by atoms with Crippen molar-refractivity contribution in [2.45, 2.75) is 25.4 Å². The molecule has 2 N–H and O–H groups in total. The maximum Gasteiger partial charge on any atom is 0.274 e. The van der Waals surface area contributed by atoms with Crippen LogP contribution in [0.15, 0.2) is 29.2 Å². The largest absolute Gasteiger partial charge is 0.382 e. The fraction of sp³-hybridized carbons (Fsp3) is 0.308. The Morgan fingerprint density at radius 1 is 1.42 bits per heavy atom. The summed E-state index contributed by atoms with van der Waals surface area (Å²) >= 11 is 1.64. The standard InChI is InChI=1S/C13H14N4OS/c14-12-6-15-11(5-16-12)13(18)17(10-1-2-10)7-9-3-4-19-8-9/h3-6,8,10H,1-2,7H2,(H2,14,16). The van der Waals surface area contributed by atoms with E-state index in [4.69, 9.17) is 5.73 Å². The van der Waals surface area contributed by atoms with Gasteiger partial charge in [0.15, 0.2) is 0 Å². The normalized spacial score (nSPS) is 14.3. The summed E-state index contributed by atoms with van der Waals surface area (Å²) in [4.78, 5) is 22.3. The van der Waals surface area contributed by atoms with Gasteiger partial charge in [-0.2, -0.15) is 11.3 Å². The summed E-state index contributed by atoms with van der Waals surface area (Å²) in [6.45, 7) is 0.638. The first-order chi connectivity index (χ1) is 9.24. The molecule has 1 fully saturated rings. The molecule has 1 aliphatic rings. The minimum Gasteiger partial charge on any atom is -0.382 e. The number of thiophene rings is 1. The van der Waals surface area contributed by atoms with Crippen molar-refractivity contribution in [2.75, 3.05) is 5.73 Å². The molecule has 98 valence electrons. The van der Waals surface area contributed by atoms with E-state index in [0.717, 1.165) is 18.4 Å². The Balaban J connectivity index is 1.79. The number of carbonyl (C=O) groups excluding carboxylic acids is 1. The lowest BCUT2D eigenvalue weighted by Crippen LogP contribution is -2.33. The molecule has 0 saturated heterocycles. The van der Waals surface area contributed by atoms with Crippen LogP contribution in [0.1, 0.15) is 28.9 Å². The number of hydrogen-bond donors (Lipinski definition) is 1. The van der Waals surface area contributed by atoms with Gasteiger partial charge in [0.1, 0.15) is 11.5 Å². The lowest BCUT2D eigenvalue weighted by molar-refractivity contribution is 0.0723. The van der Waals surface area contributed by atoms with Crippen LogP contribution in [0, 0.1) is 0 Å². The van der Waals surface area contributed by atoms with E-state index in [1.807, 2.05) is 16.3 Å². The first kappa shape index (κ1) is 12.1. The number of aromatic nitrogens is 2. The molecule has 0 radical (unpaired) electrons. The minimum atomic E-state index is -0.0683. The second-order valence-corrected chi connectivity index (χ2v) is 5.40. The van der Waals surface area contributed by atoms with E-state index in [0.29, 0.717) is 24.1 Å². The molecular formula is C13H14N4OS. The van der Waals surface area contributed by atoms with E-state index in [2.05, 4.69) is 15.3 Å². The third-order valence-corrected chi connectivity index (χ3v) is 3.80. The lowest BCUT2D eigenvalue weighted by atomic mass is 10.2. The number of amides is 1. The second kappa shape index (κ2) is 4.97. The van der Waals surface area contributed by atoms with Gasteiger partial charge in [-0.15, -0.1) is 0 Å². The third-order valence-electron chi connectivity index (χ3n) is 3.07. The highest BCUT2D eigenvalue weighted by Crippen LogP contribution is 2.29. The molecule has 1 saturated carbocycles. The van der Waals surface area contributed by atoms with Crippen molar-refractivity contribution in [3.05, 3.63) is 40.5 Å². The van der Waals surface area contributed by atoms with Crippen LogP contribution >= 0.6 is 11.3 Å². The highest BCUT2D eigenvalue weighted by atomic mass is 32.1. The van der Waals surface area contributed by atoms with Gasteiger partial charge >= 0.3 is 0 Å². The number of hydrogen-bond acceptors (Lipinski definition) is 5. The van der Waals surface area contributed by atoms with Crippen molar-refractivity contribution < 1.29 is 4.79 Å². The number of nitrogen functional groups attached to an aromatic ring is 1. The molecule has 0 unspecified atom stereocenters. The number of anilines is 1. The van der Waals surface area contributed by atoms with Crippen LogP contribution in [-0.4, -0.2) is 26.8 Å². The fourth-order valence-electron chi connectivity index (χ4n) is 1.93. The van der Waals surface area contributed by atoms with Gasteiger partial charge in [-0.25, -0.2) is 9.97 Å². The summed E-state index contributed by atoms with van der Waals surface area (Å²) in [5.41, 5.74) is 7.01. The number of carbonyl (C=O) groups is 1. The van der Waals surface area contributed by atoms with Gasteiger partial charge in [0.2, 0.25) is 0 Å². The summed E-state index contributed by atoms with van der Waals surface area (Å²) in [7, 11) is 0. The predicted octanol–water partition coefficient (Wildman–Crippen LogP) is 1.93. The lowest BCUT2D eigenvalue weighted by Gasteiger charge is -2.21. The summed E-state index contributed by atoms with van der Waals surface area (Å²) < 4.78 is 0. The Bertz CT molecular complexity index is 563. The maximum absolute atomic E-state index is 12.4. The molecule has 0 aliphatic heterocycles. The van der Waals surface area contributed by atoms with E-state index in [1.54, 1.807) is 11.3 Å². The van der Waals surface area contributed by atoms with Gasteiger partial charge in [-0.3, -0.25) is 4.79 Å². The molecule has 1 aliphatic carbocycles. The SMILES string of the molecule is Nc1cnc(C(=O)N(Cc2ccsc2)C2CC2)cn1. The number of nitrogens with zero attached hydrogens (tertiary/aromatic N) is 3. The number of rotatable bonds is 4. The fourth-order valence-corrected chi connectivity index (χ4v) is 2.59. The molecule has 0 bridgehead atoms.